The van der Waals surface area contributed by atoms with Crippen LogP contribution < -0.4 is 5.32 Å². The van der Waals surface area contributed by atoms with E-state index < -0.39 is 5.97 Å². The van der Waals surface area contributed by atoms with Gasteiger partial charge in [0.05, 0.1) is 5.56 Å². The van der Waals surface area contributed by atoms with Crippen molar-refractivity contribution in [2.24, 2.45) is 0 Å². The van der Waals surface area contributed by atoms with Crippen molar-refractivity contribution < 1.29 is 9.90 Å². The Labute approximate surface area is 130 Å². The minimum Gasteiger partial charge on any atom is -0.478 e. The number of carbonyl (C=O) groups is 1. The molecule has 7 heteroatoms. The van der Waals surface area contributed by atoms with E-state index in [0.29, 0.717) is 16.9 Å². The standard InChI is InChI=1S/C16H13N5O2/c1-9-12(16(22)23)7-21-14(9)15(18-8-19-21)20-11-3-2-10-4-5-17-13(10)6-11/h2-8,17H,1H3,(H,22,23)(H,18,19,20). The van der Waals surface area contributed by atoms with Crippen LogP contribution in [0.1, 0.15) is 15.9 Å². The molecule has 23 heavy (non-hydrogen) atoms. The largest absolute Gasteiger partial charge is 0.478 e. The second kappa shape index (κ2) is 4.84. The highest BCUT2D eigenvalue weighted by molar-refractivity contribution is 5.94. The molecule has 0 amide bonds. The van der Waals surface area contributed by atoms with Crippen molar-refractivity contribution in [3.63, 3.8) is 0 Å². The van der Waals surface area contributed by atoms with Crippen molar-refractivity contribution in [3.05, 3.63) is 54.1 Å². The highest BCUT2D eigenvalue weighted by Gasteiger charge is 2.17. The monoisotopic (exact) mass is 307 g/mol. The van der Waals surface area contributed by atoms with Crippen molar-refractivity contribution in [1.82, 2.24) is 19.6 Å². The Kier molecular flexibility index (Phi) is 2.80. The zero-order valence-corrected chi connectivity index (χ0v) is 12.2. The predicted molar refractivity (Wildman–Crippen MR) is 86.3 cm³/mol. The fourth-order valence-corrected chi connectivity index (χ4v) is 2.73. The van der Waals surface area contributed by atoms with Crippen LogP contribution >= 0.6 is 0 Å². The molecule has 0 aliphatic carbocycles. The number of nitrogens with one attached hydrogen (secondary N) is 2. The molecule has 114 valence electrons. The number of benzene rings is 1. The van der Waals surface area contributed by atoms with Crippen LogP contribution in [0.25, 0.3) is 16.4 Å². The quantitative estimate of drug-likeness (QED) is 0.541. The van der Waals surface area contributed by atoms with Gasteiger partial charge in [0.25, 0.3) is 0 Å². The number of hydrogen-bond acceptors (Lipinski definition) is 4. The lowest BCUT2D eigenvalue weighted by Crippen LogP contribution is -2.00. The average Bonchev–Trinajstić information content (AvgIpc) is 3.12. The van der Waals surface area contributed by atoms with E-state index in [2.05, 4.69) is 20.4 Å². The van der Waals surface area contributed by atoms with E-state index in [9.17, 15) is 9.90 Å². The molecule has 0 atom stereocenters. The van der Waals surface area contributed by atoms with Crippen molar-refractivity contribution in [2.75, 3.05) is 5.32 Å². The first-order valence-corrected chi connectivity index (χ1v) is 7.04. The molecule has 7 nitrogen and oxygen atoms in total. The van der Waals surface area contributed by atoms with E-state index in [1.54, 1.807) is 6.92 Å². The number of nitrogens with zero attached hydrogens (tertiary/aromatic N) is 3. The molecule has 0 aliphatic heterocycles. The number of aromatic carboxylic acids is 1. The van der Waals surface area contributed by atoms with Crippen LogP contribution in [-0.2, 0) is 0 Å². The van der Waals surface area contributed by atoms with E-state index in [1.165, 1.54) is 17.0 Å². The van der Waals surface area contributed by atoms with Gasteiger partial charge in [-0.25, -0.2) is 14.3 Å². The van der Waals surface area contributed by atoms with E-state index in [4.69, 9.17) is 0 Å². The average molecular weight is 307 g/mol. The number of aromatic amines is 1. The molecule has 0 spiro atoms. The van der Waals surface area contributed by atoms with Crippen LogP contribution in [0, 0.1) is 6.92 Å². The second-order valence-electron chi connectivity index (χ2n) is 5.28. The van der Waals surface area contributed by atoms with Crippen LogP contribution in [0.3, 0.4) is 0 Å². The summed E-state index contributed by atoms with van der Waals surface area (Å²) in [5.41, 5.74) is 3.36. The lowest BCUT2D eigenvalue weighted by Gasteiger charge is -2.08. The summed E-state index contributed by atoms with van der Waals surface area (Å²) in [4.78, 5) is 18.7. The highest BCUT2D eigenvalue weighted by Crippen LogP contribution is 2.26. The smallest absolute Gasteiger partial charge is 0.337 e. The summed E-state index contributed by atoms with van der Waals surface area (Å²) in [6.07, 6.45) is 4.77. The summed E-state index contributed by atoms with van der Waals surface area (Å²) >= 11 is 0. The molecule has 0 saturated heterocycles. The number of fused-ring (bicyclic) bond motifs is 2. The van der Waals surface area contributed by atoms with Gasteiger partial charge in [0.1, 0.15) is 11.8 Å². The Morgan fingerprint density at radius 2 is 2.22 bits per heavy atom. The van der Waals surface area contributed by atoms with Crippen molar-refractivity contribution in [2.45, 2.75) is 6.92 Å². The van der Waals surface area contributed by atoms with Crippen molar-refractivity contribution in [1.29, 1.82) is 0 Å². The number of rotatable bonds is 3. The molecular formula is C16H13N5O2. The number of hydrogen-bond donors (Lipinski definition) is 3. The third-order valence-corrected chi connectivity index (χ3v) is 3.88. The van der Waals surface area contributed by atoms with E-state index in [-0.39, 0.29) is 5.56 Å². The Hall–Kier alpha value is -3.35. The predicted octanol–water partition coefficient (Wildman–Crippen LogP) is 2.96. The fourth-order valence-electron chi connectivity index (χ4n) is 2.73. The van der Waals surface area contributed by atoms with Gasteiger partial charge in [0.2, 0.25) is 0 Å². The van der Waals surface area contributed by atoms with Gasteiger partial charge in [-0.15, -0.1) is 0 Å². The highest BCUT2D eigenvalue weighted by atomic mass is 16.4. The van der Waals surface area contributed by atoms with Gasteiger partial charge in [-0.05, 0) is 36.1 Å². The molecule has 0 fully saturated rings. The van der Waals surface area contributed by atoms with Gasteiger partial charge in [-0.2, -0.15) is 5.10 Å². The Balaban J connectivity index is 1.83. The Morgan fingerprint density at radius 1 is 1.35 bits per heavy atom. The third-order valence-electron chi connectivity index (χ3n) is 3.88. The zero-order chi connectivity index (χ0) is 16.0. The number of aromatic nitrogens is 4. The van der Waals surface area contributed by atoms with Gasteiger partial charge in [-0.3, -0.25) is 0 Å². The van der Waals surface area contributed by atoms with Crippen molar-refractivity contribution >= 4 is 33.9 Å². The first-order valence-electron chi connectivity index (χ1n) is 7.04. The molecule has 3 heterocycles. The van der Waals surface area contributed by atoms with Crippen molar-refractivity contribution in [3.8, 4) is 0 Å². The minimum absolute atomic E-state index is 0.216. The maximum absolute atomic E-state index is 11.3. The van der Waals surface area contributed by atoms with Gasteiger partial charge in [0.15, 0.2) is 5.82 Å². The molecule has 0 saturated carbocycles. The summed E-state index contributed by atoms with van der Waals surface area (Å²) in [5, 5.41) is 17.7. The van der Waals surface area contributed by atoms with Crippen LogP contribution in [0.4, 0.5) is 11.5 Å². The number of anilines is 2. The number of aryl methyl sites for hydroxylation is 1. The molecule has 3 N–H and O–H groups in total. The summed E-state index contributed by atoms with van der Waals surface area (Å²) in [6.45, 7) is 1.75. The summed E-state index contributed by atoms with van der Waals surface area (Å²) in [7, 11) is 0. The lowest BCUT2D eigenvalue weighted by molar-refractivity contribution is 0.0696. The van der Waals surface area contributed by atoms with E-state index in [1.807, 2.05) is 30.5 Å². The molecule has 0 aliphatic rings. The topological polar surface area (TPSA) is 95.3 Å². The lowest BCUT2D eigenvalue weighted by atomic mass is 10.2. The van der Waals surface area contributed by atoms with Gasteiger partial charge in [0, 0.05) is 23.6 Å². The SMILES string of the molecule is Cc1c(C(=O)O)cn2ncnc(Nc3ccc4cc[nH]c4c3)c12. The maximum Gasteiger partial charge on any atom is 0.337 e. The molecule has 4 aromatic rings. The molecule has 0 bridgehead atoms. The van der Waals surface area contributed by atoms with Gasteiger partial charge >= 0.3 is 5.97 Å². The van der Waals surface area contributed by atoms with Crippen LogP contribution in [-0.4, -0.2) is 30.7 Å². The van der Waals surface area contributed by atoms with Gasteiger partial charge in [-0.1, -0.05) is 6.07 Å². The molecule has 3 aromatic heterocycles. The normalized spacial score (nSPS) is 11.2. The third kappa shape index (κ3) is 2.10. The maximum atomic E-state index is 11.3. The fraction of sp³-hybridized carbons (Fsp3) is 0.0625. The molecule has 1 aromatic carbocycles. The number of carboxylic acids is 1. The molecule has 0 unspecified atom stereocenters. The van der Waals surface area contributed by atoms with Crippen LogP contribution in [0.2, 0.25) is 0 Å². The van der Waals surface area contributed by atoms with Crippen LogP contribution in [0.15, 0.2) is 43.0 Å². The first-order chi connectivity index (χ1) is 11.1. The number of H-pyrrole nitrogens is 1. The zero-order valence-electron chi connectivity index (χ0n) is 12.2. The summed E-state index contributed by atoms with van der Waals surface area (Å²) < 4.78 is 1.53. The first kappa shape index (κ1) is 13.3. The Bertz CT molecular complexity index is 1050. The Morgan fingerprint density at radius 3 is 3.04 bits per heavy atom. The minimum atomic E-state index is -0.980. The van der Waals surface area contributed by atoms with Crippen LogP contribution in [0.5, 0.6) is 0 Å². The van der Waals surface area contributed by atoms with E-state index >= 15 is 0 Å². The molecule has 0 radical (unpaired) electrons. The molecular weight excluding hydrogens is 294 g/mol. The van der Waals surface area contributed by atoms with Gasteiger partial charge < -0.3 is 15.4 Å². The second-order valence-corrected chi connectivity index (χ2v) is 5.28. The number of carboxylic acid groups (broad SMARTS) is 1. The summed E-state index contributed by atoms with van der Waals surface area (Å²) in [6, 6.07) is 7.92. The summed E-state index contributed by atoms with van der Waals surface area (Å²) in [5.74, 6) is -0.414. The van der Waals surface area contributed by atoms with E-state index in [0.717, 1.165) is 16.6 Å². The molecule has 4 rings (SSSR count).